The Bertz CT molecular complexity index is 454. The van der Waals surface area contributed by atoms with Crippen molar-refractivity contribution in [2.45, 2.75) is 44.1 Å². The van der Waals surface area contributed by atoms with Crippen LogP contribution in [0.2, 0.25) is 0 Å². The number of hydrogen-bond donors (Lipinski definition) is 1. The normalized spacial score (nSPS) is 26.6. The Hall–Kier alpha value is -1.35. The molecule has 2 heterocycles. The topological polar surface area (TPSA) is 46.3 Å². The number of benzene rings is 1. The second kappa shape index (κ2) is 5.33. The minimum Gasteiger partial charge on any atom is -0.339 e. The Morgan fingerprint density at radius 3 is 2.74 bits per heavy atom. The molecule has 3 nitrogen and oxygen atoms in total. The number of hydrogen-bond acceptors (Lipinski definition) is 2. The molecule has 2 unspecified atom stereocenters. The number of nitrogens with two attached hydrogens (primary N) is 1. The van der Waals surface area contributed by atoms with Gasteiger partial charge in [0.25, 0.3) is 0 Å². The molecule has 1 amide bonds. The second-order valence-electron chi connectivity index (χ2n) is 5.74. The lowest BCUT2D eigenvalue weighted by atomic mass is 9.87. The van der Waals surface area contributed by atoms with Crippen LogP contribution in [0.25, 0.3) is 0 Å². The van der Waals surface area contributed by atoms with Crippen molar-refractivity contribution >= 4 is 5.91 Å². The molecular weight excluding hydrogens is 236 g/mol. The molecule has 19 heavy (non-hydrogen) atoms. The van der Waals surface area contributed by atoms with Crippen LogP contribution in [0.3, 0.4) is 0 Å². The first kappa shape index (κ1) is 12.7. The van der Waals surface area contributed by atoms with Crippen molar-refractivity contribution in [3.8, 4) is 0 Å². The zero-order chi connectivity index (χ0) is 13.2. The first-order valence-electron chi connectivity index (χ1n) is 7.38. The van der Waals surface area contributed by atoms with Crippen LogP contribution in [0.1, 0.15) is 42.7 Å². The average Bonchev–Trinajstić information content (AvgIpc) is 2.78. The van der Waals surface area contributed by atoms with Gasteiger partial charge in [0.1, 0.15) is 0 Å². The third kappa shape index (κ3) is 2.39. The van der Waals surface area contributed by atoms with Crippen LogP contribution in [0, 0.1) is 0 Å². The highest BCUT2D eigenvalue weighted by Crippen LogP contribution is 2.39. The fourth-order valence-corrected chi connectivity index (χ4v) is 3.56. The zero-order valence-corrected chi connectivity index (χ0v) is 11.3. The standard InChI is InChI=1S/C16H22N2O/c17-9-8-12-4-6-13(7-5-12)14-11-16(19)18-10-2-1-3-15(14)18/h4-7,14-15H,1-3,8-11,17H2. The minimum atomic E-state index is 0.348. The fraction of sp³-hybridized carbons (Fsp3) is 0.562. The van der Waals surface area contributed by atoms with E-state index in [1.165, 1.54) is 30.4 Å². The molecule has 1 aromatic carbocycles. The highest BCUT2D eigenvalue weighted by molar-refractivity contribution is 5.80. The summed E-state index contributed by atoms with van der Waals surface area (Å²) in [4.78, 5) is 14.2. The Labute approximate surface area is 114 Å². The summed E-state index contributed by atoms with van der Waals surface area (Å²) in [6.07, 6.45) is 5.22. The molecule has 102 valence electrons. The minimum absolute atomic E-state index is 0.348. The van der Waals surface area contributed by atoms with E-state index in [9.17, 15) is 4.79 Å². The first-order valence-corrected chi connectivity index (χ1v) is 7.38. The highest BCUT2D eigenvalue weighted by atomic mass is 16.2. The number of carbonyl (C=O) groups is 1. The lowest BCUT2D eigenvalue weighted by molar-refractivity contribution is -0.129. The summed E-state index contributed by atoms with van der Waals surface area (Å²) >= 11 is 0. The Morgan fingerprint density at radius 1 is 1.21 bits per heavy atom. The van der Waals surface area contributed by atoms with Gasteiger partial charge in [0.05, 0.1) is 0 Å². The summed E-state index contributed by atoms with van der Waals surface area (Å²) in [7, 11) is 0. The third-order valence-electron chi connectivity index (χ3n) is 4.57. The summed E-state index contributed by atoms with van der Waals surface area (Å²) in [6, 6.07) is 9.17. The molecule has 2 N–H and O–H groups in total. The largest absolute Gasteiger partial charge is 0.339 e. The van der Waals surface area contributed by atoms with Gasteiger partial charge in [-0.3, -0.25) is 4.79 Å². The van der Waals surface area contributed by atoms with Crippen molar-refractivity contribution in [3.05, 3.63) is 35.4 Å². The quantitative estimate of drug-likeness (QED) is 0.902. The van der Waals surface area contributed by atoms with Crippen LogP contribution in [0.4, 0.5) is 0 Å². The number of amides is 1. The summed E-state index contributed by atoms with van der Waals surface area (Å²) < 4.78 is 0. The maximum atomic E-state index is 12.1. The molecule has 2 saturated heterocycles. The number of rotatable bonds is 3. The summed E-state index contributed by atoms with van der Waals surface area (Å²) in [6.45, 7) is 1.66. The van der Waals surface area contributed by atoms with E-state index in [1.54, 1.807) is 0 Å². The van der Waals surface area contributed by atoms with Crippen molar-refractivity contribution in [1.82, 2.24) is 4.90 Å². The molecule has 0 bridgehead atoms. The van der Waals surface area contributed by atoms with E-state index >= 15 is 0 Å². The van der Waals surface area contributed by atoms with E-state index in [1.807, 2.05) is 0 Å². The Kier molecular flexibility index (Phi) is 3.56. The van der Waals surface area contributed by atoms with Crippen LogP contribution in [0.15, 0.2) is 24.3 Å². The predicted octanol–water partition coefficient (Wildman–Crippen LogP) is 2.06. The molecule has 3 heteroatoms. The molecule has 0 aliphatic carbocycles. The van der Waals surface area contributed by atoms with Crippen molar-refractivity contribution in [3.63, 3.8) is 0 Å². The number of fused-ring (bicyclic) bond motifs is 1. The summed E-state index contributed by atoms with van der Waals surface area (Å²) in [5.74, 6) is 0.750. The molecule has 0 spiro atoms. The van der Waals surface area contributed by atoms with E-state index in [-0.39, 0.29) is 0 Å². The molecule has 0 aromatic heterocycles. The summed E-state index contributed by atoms with van der Waals surface area (Å²) in [5.41, 5.74) is 8.19. The maximum absolute atomic E-state index is 12.1. The predicted molar refractivity (Wildman–Crippen MR) is 75.9 cm³/mol. The third-order valence-corrected chi connectivity index (χ3v) is 4.57. The van der Waals surface area contributed by atoms with Gasteiger partial charge in [0.15, 0.2) is 0 Å². The van der Waals surface area contributed by atoms with Gasteiger partial charge >= 0.3 is 0 Å². The molecule has 1 aromatic rings. The van der Waals surface area contributed by atoms with Crippen LogP contribution in [-0.2, 0) is 11.2 Å². The van der Waals surface area contributed by atoms with Crippen molar-refractivity contribution < 1.29 is 4.79 Å². The van der Waals surface area contributed by atoms with Crippen molar-refractivity contribution in [2.24, 2.45) is 5.73 Å². The number of carbonyl (C=O) groups excluding carboxylic acids is 1. The van der Waals surface area contributed by atoms with Gasteiger partial charge in [-0.1, -0.05) is 24.3 Å². The second-order valence-corrected chi connectivity index (χ2v) is 5.74. The van der Waals surface area contributed by atoms with E-state index in [0.29, 0.717) is 30.8 Å². The van der Waals surface area contributed by atoms with Gasteiger partial charge in [-0.05, 0) is 43.4 Å². The van der Waals surface area contributed by atoms with E-state index < -0.39 is 0 Å². The monoisotopic (exact) mass is 258 g/mol. The maximum Gasteiger partial charge on any atom is 0.223 e. The van der Waals surface area contributed by atoms with Gasteiger partial charge in [-0.2, -0.15) is 0 Å². The molecule has 2 atom stereocenters. The molecule has 2 aliphatic heterocycles. The number of nitrogens with zero attached hydrogens (tertiary/aromatic N) is 1. The molecular formula is C16H22N2O. The average molecular weight is 258 g/mol. The SMILES string of the molecule is NCCc1ccc(C2CC(=O)N3CCCCC23)cc1. The van der Waals surface area contributed by atoms with Crippen LogP contribution in [-0.4, -0.2) is 29.9 Å². The fourth-order valence-electron chi connectivity index (χ4n) is 3.56. The van der Waals surface area contributed by atoms with Gasteiger partial charge in [-0.25, -0.2) is 0 Å². The molecule has 3 rings (SSSR count). The molecule has 2 fully saturated rings. The lowest BCUT2D eigenvalue weighted by Gasteiger charge is -2.32. The van der Waals surface area contributed by atoms with Gasteiger partial charge < -0.3 is 10.6 Å². The van der Waals surface area contributed by atoms with E-state index in [0.717, 1.165) is 13.0 Å². The highest BCUT2D eigenvalue weighted by Gasteiger charge is 2.41. The van der Waals surface area contributed by atoms with Gasteiger partial charge in [0, 0.05) is 24.9 Å². The number of piperidine rings is 1. The van der Waals surface area contributed by atoms with Gasteiger partial charge in [0.2, 0.25) is 5.91 Å². The lowest BCUT2D eigenvalue weighted by Crippen LogP contribution is -2.38. The molecule has 0 saturated carbocycles. The van der Waals surface area contributed by atoms with Gasteiger partial charge in [-0.15, -0.1) is 0 Å². The van der Waals surface area contributed by atoms with Crippen molar-refractivity contribution in [1.29, 1.82) is 0 Å². The Balaban J connectivity index is 1.79. The van der Waals surface area contributed by atoms with E-state index in [4.69, 9.17) is 5.73 Å². The first-order chi connectivity index (χ1) is 9.29. The van der Waals surface area contributed by atoms with Crippen molar-refractivity contribution in [2.75, 3.05) is 13.1 Å². The van der Waals surface area contributed by atoms with Crippen LogP contribution >= 0.6 is 0 Å². The molecule has 2 aliphatic rings. The van der Waals surface area contributed by atoms with E-state index in [2.05, 4.69) is 29.2 Å². The van der Waals surface area contributed by atoms with Crippen LogP contribution < -0.4 is 5.73 Å². The smallest absolute Gasteiger partial charge is 0.223 e. The zero-order valence-electron chi connectivity index (χ0n) is 11.3. The Morgan fingerprint density at radius 2 is 2.00 bits per heavy atom. The molecule has 0 radical (unpaired) electrons. The summed E-state index contributed by atoms with van der Waals surface area (Å²) in [5, 5.41) is 0. The van der Waals surface area contributed by atoms with Crippen LogP contribution in [0.5, 0.6) is 0 Å².